The summed E-state index contributed by atoms with van der Waals surface area (Å²) in [6, 6.07) is 0.00306. The van der Waals surface area contributed by atoms with E-state index in [2.05, 4.69) is 5.10 Å². The summed E-state index contributed by atoms with van der Waals surface area (Å²) >= 11 is 0. The smallest absolute Gasteiger partial charge is 0.252 e. The van der Waals surface area contributed by atoms with E-state index in [1.54, 1.807) is 0 Å². The molecule has 5 nitrogen and oxygen atoms in total. The maximum Gasteiger partial charge on any atom is 0.252 e. The number of rotatable bonds is 1. The van der Waals surface area contributed by atoms with Gasteiger partial charge in [0.15, 0.2) is 9.84 Å². The third-order valence-corrected chi connectivity index (χ3v) is 4.02. The zero-order valence-electron chi connectivity index (χ0n) is 8.10. The molecule has 1 atom stereocenters. The first kappa shape index (κ1) is 9.64. The Hall–Kier alpha value is -0.910. The largest absolute Gasteiger partial charge is 0.272 e. The van der Waals surface area contributed by atoms with Crippen LogP contribution in [0.1, 0.15) is 13.8 Å². The second-order valence-corrected chi connectivity index (χ2v) is 6.08. The standard InChI is InChI=1S/C8H12N2O3S/c1-5(2)10-8(11)6-3-14(12,13)4-7(6)9-10/h5-6H,3-4H2,1-2H3. The lowest BCUT2D eigenvalue weighted by Gasteiger charge is -2.17. The van der Waals surface area contributed by atoms with Crippen molar-refractivity contribution in [2.45, 2.75) is 19.9 Å². The van der Waals surface area contributed by atoms with Crippen LogP contribution in [0, 0.1) is 5.92 Å². The summed E-state index contributed by atoms with van der Waals surface area (Å²) in [7, 11) is -3.07. The summed E-state index contributed by atoms with van der Waals surface area (Å²) in [6.45, 7) is 3.72. The van der Waals surface area contributed by atoms with Gasteiger partial charge in [0.05, 0.1) is 23.1 Å². The van der Waals surface area contributed by atoms with E-state index in [0.717, 1.165) is 0 Å². The summed E-state index contributed by atoms with van der Waals surface area (Å²) in [5, 5.41) is 5.43. The Morgan fingerprint density at radius 3 is 2.64 bits per heavy atom. The van der Waals surface area contributed by atoms with Gasteiger partial charge >= 0.3 is 0 Å². The molecule has 0 aromatic rings. The SMILES string of the molecule is CC(C)N1N=C2CS(=O)(=O)CC2C1=O. The molecule has 2 heterocycles. The molecule has 1 unspecified atom stereocenters. The van der Waals surface area contributed by atoms with E-state index in [0.29, 0.717) is 5.71 Å². The van der Waals surface area contributed by atoms with Crippen LogP contribution in [0.25, 0.3) is 0 Å². The molecule has 0 aromatic carbocycles. The zero-order chi connectivity index (χ0) is 10.5. The monoisotopic (exact) mass is 216 g/mol. The molecule has 0 radical (unpaired) electrons. The van der Waals surface area contributed by atoms with Crippen LogP contribution in [-0.4, -0.2) is 42.6 Å². The summed E-state index contributed by atoms with van der Waals surface area (Å²) in [5.41, 5.74) is 0.517. The van der Waals surface area contributed by atoms with Gasteiger partial charge in [0, 0.05) is 6.04 Å². The second kappa shape index (κ2) is 2.79. The Morgan fingerprint density at radius 1 is 1.50 bits per heavy atom. The van der Waals surface area contributed by atoms with Crippen molar-refractivity contribution in [3.63, 3.8) is 0 Å². The van der Waals surface area contributed by atoms with E-state index in [9.17, 15) is 13.2 Å². The second-order valence-electron chi connectivity index (χ2n) is 3.98. The first-order chi connectivity index (χ1) is 6.41. The first-order valence-corrected chi connectivity index (χ1v) is 6.34. The summed E-state index contributed by atoms with van der Waals surface area (Å²) in [4.78, 5) is 11.7. The topological polar surface area (TPSA) is 66.8 Å². The summed E-state index contributed by atoms with van der Waals surface area (Å²) < 4.78 is 22.4. The highest BCUT2D eigenvalue weighted by Crippen LogP contribution is 2.26. The third-order valence-electron chi connectivity index (χ3n) is 2.44. The van der Waals surface area contributed by atoms with Crippen molar-refractivity contribution in [3.05, 3.63) is 0 Å². The number of amides is 1. The van der Waals surface area contributed by atoms with Gasteiger partial charge in [-0.25, -0.2) is 13.4 Å². The lowest BCUT2D eigenvalue weighted by Crippen LogP contribution is -2.33. The molecule has 6 heteroatoms. The average Bonchev–Trinajstić information content (AvgIpc) is 2.46. The number of carbonyl (C=O) groups excluding carboxylic acids is 1. The Bertz CT molecular complexity index is 410. The predicted octanol–water partition coefficient (Wildman–Crippen LogP) is -0.362. The quantitative estimate of drug-likeness (QED) is 0.601. The van der Waals surface area contributed by atoms with E-state index < -0.39 is 15.8 Å². The number of hydrogen-bond donors (Lipinski definition) is 0. The van der Waals surface area contributed by atoms with Crippen LogP contribution in [0.2, 0.25) is 0 Å². The van der Waals surface area contributed by atoms with E-state index in [1.807, 2.05) is 13.8 Å². The van der Waals surface area contributed by atoms with Crippen molar-refractivity contribution in [2.75, 3.05) is 11.5 Å². The van der Waals surface area contributed by atoms with Crippen LogP contribution in [0.4, 0.5) is 0 Å². The van der Waals surface area contributed by atoms with Crippen molar-refractivity contribution in [3.8, 4) is 0 Å². The van der Waals surface area contributed by atoms with E-state index in [-0.39, 0.29) is 23.5 Å². The third kappa shape index (κ3) is 1.33. The zero-order valence-corrected chi connectivity index (χ0v) is 8.91. The molecule has 0 spiro atoms. The van der Waals surface area contributed by atoms with Crippen LogP contribution in [0.15, 0.2) is 5.10 Å². The maximum absolute atomic E-state index is 11.7. The molecule has 0 aliphatic carbocycles. The lowest BCUT2D eigenvalue weighted by atomic mass is 10.1. The normalized spacial score (nSPS) is 29.6. The molecule has 2 aliphatic rings. The molecule has 14 heavy (non-hydrogen) atoms. The number of fused-ring (bicyclic) bond motifs is 1. The van der Waals surface area contributed by atoms with Gasteiger partial charge in [0.25, 0.3) is 5.91 Å². The maximum atomic E-state index is 11.7. The fraction of sp³-hybridized carbons (Fsp3) is 0.750. The molecule has 78 valence electrons. The van der Waals surface area contributed by atoms with E-state index >= 15 is 0 Å². The van der Waals surface area contributed by atoms with Gasteiger partial charge in [-0.15, -0.1) is 0 Å². The highest BCUT2D eigenvalue weighted by Gasteiger charge is 2.46. The number of hydrogen-bond acceptors (Lipinski definition) is 4. The molecular weight excluding hydrogens is 204 g/mol. The Labute approximate surface area is 82.7 Å². The van der Waals surface area contributed by atoms with Gasteiger partial charge in [-0.2, -0.15) is 5.10 Å². The fourth-order valence-corrected chi connectivity index (χ4v) is 3.43. The summed E-state index contributed by atoms with van der Waals surface area (Å²) in [5.74, 6) is -0.779. The minimum Gasteiger partial charge on any atom is -0.272 e. The number of sulfone groups is 1. The van der Waals surface area contributed by atoms with Gasteiger partial charge in [0.1, 0.15) is 0 Å². The Balaban J connectivity index is 2.32. The van der Waals surface area contributed by atoms with Gasteiger partial charge in [-0.05, 0) is 13.8 Å². The summed E-state index contributed by atoms with van der Waals surface area (Å²) in [6.07, 6.45) is 0. The average molecular weight is 216 g/mol. The first-order valence-electron chi connectivity index (χ1n) is 4.51. The Morgan fingerprint density at radius 2 is 2.14 bits per heavy atom. The van der Waals surface area contributed by atoms with E-state index in [1.165, 1.54) is 5.01 Å². The molecular formula is C8H12N2O3S. The predicted molar refractivity (Wildman–Crippen MR) is 51.6 cm³/mol. The van der Waals surface area contributed by atoms with Crippen LogP contribution in [0.5, 0.6) is 0 Å². The molecule has 2 rings (SSSR count). The molecule has 0 N–H and O–H groups in total. The van der Waals surface area contributed by atoms with Gasteiger partial charge in [-0.3, -0.25) is 4.79 Å². The molecule has 0 aromatic heterocycles. The number of carbonyl (C=O) groups is 1. The van der Waals surface area contributed by atoms with Crippen LogP contribution in [-0.2, 0) is 14.6 Å². The minimum atomic E-state index is -3.07. The van der Waals surface area contributed by atoms with Crippen LogP contribution >= 0.6 is 0 Å². The van der Waals surface area contributed by atoms with Crippen molar-refractivity contribution in [1.82, 2.24) is 5.01 Å². The van der Waals surface area contributed by atoms with Gasteiger partial charge < -0.3 is 0 Å². The minimum absolute atomic E-state index is 0.00306. The Kier molecular flexibility index (Phi) is 1.92. The number of hydrazone groups is 1. The van der Waals surface area contributed by atoms with Crippen molar-refractivity contribution >= 4 is 21.5 Å². The molecule has 0 bridgehead atoms. The van der Waals surface area contributed by atoms with Gasteiger partial charge in [0.2, 0.25) is 0 Å². The van der Waals surface area contributed by atoms with Crippen LogP contribution < -0.4 is 0 Å². The van der Waals surface area contributed by atoms with Crippen molar-refractivity contribution in [2.24, 2.45) is 11.0 Å². The fourth-order valence-electron chi connectivity index (χ4n) is 1.76. The lowest BCUT2D eigenvalue weighted by molar-refractivity contribution is -0.132. The van der Waals surface area contributed by atoms with Gasteiger partial charge in [-0.1, -0.05) is 0 Å². The van der Waals surface area contributed by atoms with E-state index in [4.69, 9.17) is 0 Å². The van der Waals surface area contributed by atoms with Crippen molar-refractivity contribution in [1.29, 1.82) is 0 Å². The highest BCUT2D eigenvalue weighted by atomic mass is 32.2. The number of nitrogens with zero attached hydrogens (tertiary/aromatic N) is 2. The molecule has 1 saturated heterocycles. The molecule has 2 aliphatic heterocycles. The molecule has 0 saturated carbocycles. The molecule has 1 fully saturated rings. The molecule has 1 amide bonds. The van der Waals surface area contributed by atoms with Crippen molar-refractivity contribution < 1.29 is 13.2 Å². The van der Waals surface area contributed by atoms with Crippen LogP contribution in [0.3, 0.4) is 0 Å². The highest BCUT2D eigenvalue weighted by molar-refractivity contribution is 7.92.